The van der Waals surface area contributed by atoms with Gasteiger partial charge in [-0.15, -0.1) is 13.2 Å². The fourth-order valence-corrected chi connectivity index (χ4v) is 3.13. The first kappa shape index (κ1) is 18.8. The zero-order chi connectivity index (χ0) is 19.6. The summed E-state index contributed by atoms with van der Waals surface area (Å²) >= 11 is 0. The van der Waals surface area contributed by atoms with E-state index >= 15 is 0 Å². The van der Waals surface area contributed by atoms with Gasteiger partial charge in [-0.1, -0.05) is 25.5 Å². The van der Waals surface area contributed by atoms with E-state index in [1.54, 1.807) is 23.0 Å². The lowest BCUT2D eigenvalue weighted by Gasteiger charge is -2.12. The molecule has 7 heteroatoms. The fraction of sp³-hybridized carbons (Fsp3) is 0.300. The molecule has 0 bridgehead atoms. The largest absolute Gasteiger partial charge is 0.573 e. The highest BCUT2D eigenvalue weighted by molar-refractivity contribution is 5.96. The molecule has 0 aliphatic heterocycles. The minimum absolute atomic E-state index is 0.275. The predicted molar refractivity (Wildman–Crippen MR) is 96.2 cm³/mol. The second-order valence-corrected chi connectivity index (χ2v) is 6.30. The van der Waals surface area contributed by atoms with E-state index in [1.165, 1.54) is 12.1 Å². The zero-order valence-corrected chi connectivity index (χ0v) is 15.0. The van der Waals surface area contributed by atoms with Crippen LogP contribution in [-0.2, 0) is 13.5 Å². The van der Waals surface area contributed by atoms with Gasteiger partial charge in [0.05, 0.1) is 22.9 Å². The summed E-state index contributed by atoms with van der Waals surface area (Å²) in [6.07, 6.45) is -0.400. The molecule has 1 aromatic heterocycles. The molecular formula is C20H18F3N3O. The number of unbranched alkanes of at least 4 members (excludes halogenated alkanes) is 1. The highest BCUT2D eigenvalue weighted by atomic mass is 19.4. The Kier molecular flexibility index (Phi) is 5.08. The summed E-state index contributed by atoms with van der Waals surface area (Å²) in [7, 11) is 1.82. The number of fused-ring (bicyclic) bond motifs is 1. The van der Waals surface area contributed by atoms with Crippen molar-refractivity contribution in [1.29, 1.82) is 5.26 Å². The number of ether oxygens (including phenoxy) is 1. The van der Waals surface area contributed by atoms with Gasteiger partial charge in [-0.25, -0.2) is 4.98 Å². The summed E-state index contributed by atoms with van der Waals surface area (Å²) in [4.78, 5) is 4.41. The van der Waals surface area contributed by atoms with E-state index in [-0.39, 0.29) is 5.75 Å². The molecule has 0 fully saturated rings. The molecule has 1 heterocycles. The third-order valence-corrected chi connectivity index (χ3v) is 4.38. The lowest BCUT2D eigenvalue weighted by Crippen LogP contribution is -2.16. The molecule has 3 aromatic rings. The average molecular weight is 373 g/mol. The van der Waals surface area contributed by atoms with Gasteiger partial charge in [0.2, 0.25) is 0 Å². The normalized spacial score (nSPS) is 11.6. The Hall–Kier alpha value is -3.01. The monoisotopic (exact) mass is 373 g/mol. The van der Waals surface area contributed by atoms with Crippen molar-refractivity contribution in [2.75, 3.05) is 0 Å². The highest BCUT2D eigenvalue weighted by Gasteiger charge is 2.31. The first-order valence-electron chi connectivity index (χ1n) is 8.57. The van der Waals surface area contributed by atoms with Crippen molar-refractivity contribution in [3.8, 4) is 22.9 Å². The number of alkyl halides is 3. The van der Waals surface area contributed by atoms with Crippen molar-refractivity contribution in [3.05, 3.63) is 47.8 Å². The number of nitriles is 1. The highest BCUT2D eigenvalue weighted by Crippen LogP contribution is 2.34. The molecule has 0 atom stereocenters. The third kappa shape index (κ3) is 3.90. The summed E-state index contributed by atoms with van der Waals surface area (Å²) in [6.45, 7) is 2.08. The van der Waals surface area contributed by atoms with Crippen LogP contribution in [-0.4, -0.2) is 15.9 Å². The van der Waals surface area contributed by atoms with E-state index in [4.69, 9.17) is 0 Å². The lowest BCUT2D eigenvalue weighted by atomic mass is 9.94. The summed E-state index contributed by atoms with van der Waals surface area (Å²) in [5, 5.41) is 9.65. The topological polar surface area (TPSA) is 50.8 Å². The second kappa shape index (κ2) is 7.31. The van der Waals surface area contributed by atoms with E-state index in [0.29, 0.717) is 11.1 Å². The molecule has 3 rings (SSSR count). The number of hydrogen-bond acceptors (Lipinski definition) is 3. The third-order valence-electron chi connectivity index (χ3n) is 4.38. The summed E-state index contributed by atoms with van der Waals surface area (Å²) < 4.78 is 42.8. The van der Waals surface area contributed by atoms with Crippen LogP contribution in [0.4, 0.5) is 13.2 Å². The van der Waals surface area contributed by atoms with Crippen molar-refractivity contribution in [3.63, 3.8) is 0 Å². The van der Waals surface area contributed by atoms with Crippen LogP contribution in [0, 0.1) is 11.3 Å². The fourth-order valence-electron chi connectivity index (χ4n) is 3.13. The van der Waals surface area contributed by atoms with Gasteiger partial charge in [0.1, 0.15) is 11.8 Å². The number of nitrogens with zero attached hydrogens (tertiary/aromatic N) is 3. The van der Waals surface area contributed by atoms with E-state index in [9.17, 15) is 18.4 Å². The number of halogens is 3. The standard InChI is InChI=1S/C20H18F3N3O/c1-3-4-5-14-10-16(18-19(17(14)11-24)26(2)12-25-18)13-6-8-15(9-7-13)27-20(21,22)23/h6-10,12H,3-5H2,1-2H3. The summed E-state index contributed by atoms with van der Waals surface area (Å²) in [6, 6.07) is 9.90. The SMILES string of the molecule is CCCCc1cc(-c2ccc(OC(F)(F)F)cc2)c2ncn(C)c2c1C#N. The Morgan fingerprint density at radius 3 is 2.52 bits per heavy atom. The summed E-state index contributed by atoms with van der Waals surface area (Å²) in [5.41, 5.74) is 4.40. The number of imidazole rings is 1. The first-order chi connectivity index (χ1) is 12.8. The van der Waals surface area contributed by atoms with Crippen LogP contribution in [0.15, 0.2) is 36.7 Å². The molecule has 0 amide bonds. The Bertz CT molecular complexity index is 998. The Balaban J connectivity index is 2.12. The van der Waals surface area contributed by atoms with Crippen LogP contribution in [0.5, 0.6) is 5.75 Å². The molecule has 0 aliphatic rings. The Morgan fingerprint density at radius 1 is 1.22 bits per heavy atom. The molecule has 2 aromatic carbocycles. The molecule has 0 saturated heterocycles. The van der Waals surface area contributed by atoms with E-state index in [2.05, 4.69) is 22.7 Å². The van der Waals surface area contributed by atoms with Crippen molar-refractivity contribution < 1.29 is 17.9 Å². The zero-order valence-electron chi connectivity index (χ0n) is 15.0. The number of aryl methyl sites for hydroxylation is 2. The van der Waals surface area contributed by atoms with Crippen molar-refractivity contribution in [1.82, 2.24) is 9.55 Å². The van der Waals surface area contributed by atoms with Crippen molar-refractivity contribution in [2.24, 2.45) is 7.05 Å². The smallest absolute Gasteiger partial charge is 0.406 e. The number of aromatic nitrogens is 2. The van der Waals surface area contributed by atoms with Gasteiger partial charge in [-0.2, -0.15) is 5.26 Å². The van der Waals surface area contributed by atoms with Gasteiger partial charge in [0, 0.05) is 12.6 Å². The van der Waals surface area contributed by atoms with Gasteiger partial charge >= 0.3 is 6.36 Å². The maximum absolute atomic E-state index is 12.4. The minimum atomic E-state index is -4.72. The molecule has 0 unspecified atom stereocenters. The van der Waals surface area contributed by atoms with Gasteiger partial charge < -0.3 is 9.30 Å². The van der Waals surface area contributed by atoms with Crippen LogP contribution >= 0.6 is 0 Å². The molecule has 27 heavy (non-hydrogen) atoms. The van der Waals surface area contributed by atoms with Gasteiger partial charge in [0.25, 0.3) is 0 Å². The molecule has 0 aliphatic carbocycles. The second-order valence-electron chi connectivity index (χ2n) is 6.30. The molecule has 0 saturated carbocycles. The molecule has 0 N–H and O–H groups in total. The minimum Gasteiger partial charge on any atom is -0.406 e. The van der Waals surface area contributed by atoms with Crippen LogP contribution in [0.2, 0.25) is 0 Å². The van der Waals surface area contributed by atoms with Crippen molar-refractivity contribution in [2.45, 2.75) is 32.5 Å². The first-order valence-corrected chi connectivity index (χ1v) is 8.57. The maximum atomic E-state index is 12.4. The molecule has 0 spiro atoms. The number of hydrogen-bond donors (Lipinski definition) is 0. The predicted octanol–water partition coefficient (Wildman–Crippen LogP) is 5.35. The quantitative estimate of drug-likeness (QED) is 0.605. The molecule has 140 valence electrons. The summed E-state index contributed by atoms with van der Waals surface area (Å²) in [5.74, 6) is -0.275. The van der Waals surface area contributed by atoms with Crippen LogP contribution < -0.4 is 4.74 Å². The molecule has 0 radical (unpaired) electrons. The van der Waals surface area contributed by atoms with E-state index < -0.39 is 6.36 Å². The Labute approximate surface area is 154 Å². The lowest BCUT2D eigenvalue weighted by molar-refractivity contribution is -0.274. The van der Waals surface area contributed by atoms with E-state index in [1.807, 2.05) is 13.1 Å². The van der Waals surface area contributed by atoms with Crippen molar-refractivity contribution >= 4 is 11.0 Å². The van der Waals surface area contributed by atoms with Crippen LogP contribution in [0.3, 0.4) is 0 Å². The maximum Gasteiger partial charge on any atom is 0.573 e. The van der Waals surface area contributed by atoms with Crippen LogP contribution in [0.25, 0.3) is 22.2 Å². The number of rotatable bonds is 5. The number of benzene rings is 2. The van der Waals surface area contributed by atoms with Gasteiger partial charge in [0.15, 0.2) is 0 Å². The van der Waals surface area contributed by atoms with Gasteiger partial charge in [-0.05, 0) is 42.2 Å². The Morgan fingerprint density at radius 2 is 1.93 bits per heavy atom. The van der Waals surface area contributed by atoms with E-state index in [0.717, 1.165) is 41.5 Å². The molecular weight excluding hydrogens is 355 g/mol. The average Bonchev–Trinajstić information content (AvgIpc) is 3.00. The van der Waals surface area contributed by atoms with Gasteiger partial charge in [-0.3, -0.25) is 0 Å². The molecule has 4 nitrogen and oxygen atoms in total. The van der Waals surface area contributed by atoms with Crippen LogP contribution in [0.1, 0.15) is 30.9 Å².